The van der Waals surface area contributed by atoms with Gasteiger partial charge in [-0.05, 0) is 18.6 Å². The molecule has 13 heavy (non-hydrogen) atoms. The summed E-state index contributed by atoms with van der Waals surface area (Å²) in [5, 5.41) is 0. The average Bonchev–Trinajstić information content (AvgIpc) is 2.24. The van der Waals surface area contributed by atoms with Crippen molar-refractivity contribution in [1.82, 2.24) is 0 Å². The van der Waals surface area contributed by atoms with Crippen LogP contribution in [0.3, 0.4) is 0 Å². The minimum absolute atomic E-state index is 0.135. The molecule has 0 bridgehead atoms. The quantitative estimate of drug-likeness (QED) is 0.625. The van der Waals surface area contributed by atoms with Crippen molar-refractivity contribution >= 4 is 0 Å². The van der Waals surface area contributed by atoms with E-state index in [0.29, 0.717) is 0 Å². The van der Waals surface area contributed by atoms with Crippen LogP contribution in [0.15, 0.2) is 12.1 Å². The SMILES string of the molecule is Cc1cc2c(cc1F)OC(F)(F)O2. The van der Waals surface area contributed by atoms with Gasteiger partial charge in [-0.2, -0.15) is 0 Å². The summed E-state index contributed by atoms with van der Waals surface area (Å²) in [5.41, 5.74) is 0.236. The molecule has 0 N–H and O–H groups in total. The third kappa shape index (κ3) is 1.30. The number of fused-ring (bicyclic) bond motifs is 1. The molecule has 1 aliphatic heterocycles. The van der Waals surface area contributed by atoms with Crippen LogP contribution in [0, 0.1) is 12.7 Å². The van der Waals surface area contributed by atoms with Gasteiger partial charge in [0.15, 0.2) is 11.5 Å². The number of halogens is 3. The molecule has 1 aromatic carbocycles. The lowest BCUT2D eigenvalue weighted by molar-refractivity contribution is -0.286. The molecule has 1 aromatic rings. The van der Waals surface area contributed by atoms with E-state index in [4.69, 9.17) is 0 Å². The van der Waals surface area contributed by atoms with Crippen LogP contribution in [0.4, 0.5) is 13.2 Å². The fourth-order valence-corrected chi connectivity index (χ4v) is 1.07. The van der Waals surface area contributed by atoms with Crippen molar-refractivity contribution in [2.24, 2.45) is 0 Å². The molecule has 5 heteroatoms. The summed E-state index contributed by atoms with van der Waals surface area (Å²) in [6.45, 7) is 1.45. The third-order valence-electron chi connectivity index (χ3n) is 1.68. The predicted molar refractivity (Wildman–Crippen MR) is 37.3 cm³/mol. The van der Waals surface area contributed by atoms with Gasteiger partial charge in [0, 0.05) is 6.07 Å². The predicted octanol–water partition coefficient (Wildman–Crippen LogP) is 2.46. The van der Waals surface area contributed by atoms with E-state index in [1.807, 2.05) is 0 Å². The minimum atomic E-state index is -3.68. The molecule has 2 nitrogen and oxygen atoms in total. The minimum Gasteiger partial charge on any atom is -0.395 e. The standard InChI is InChI=1S/C8H5F3O2/c1-4-2-6-7(3-5(4)9)13-8(10,11)12-6/h2-3H,1H3. The second-order valence-corrected chi connectivity index (χ2v) is 2.72. The molecule has 0 aliphatic carbocycles. The third-order valence-corrected chi connectivity index (χ3v) is 1.68. The van der Waals surface area contributed by atoms with Crippen molar-refractivity contribution in [2.75, 3.05) is 0 Å². The first-order chi connectivity index (χ1) is 5.98. The molecule has 0 saturated carbocycles. The maximum Gasteiger partial charge on any atom is 0.586 e. The second kappa shape index (κ2) is 2.31. The molecular weight excluding hydrogens is 185 g/mol. The number of benzene rings is 1. The molecule has 0 aromatic heterocycles. The molecule has 1 aliphatic rings. The van der Waals surface area contributed by atoms with Crippen LogP contribution in [0.5, 0.6) is 11.5 Å². The Morgan fingerprint density at radius 2 is 1.69 bits per heavy atom. The summed E-state index contributed by atoms with van der Waals surface area (Å²) in [7, 11) is 0. The van der Waals surface area contributed by atoms with E-state index in [0.717, 1.165) is 6.07 Å². The highest BCUT2D eigenvalue weighted by molar-refractivity contribution is 5.45. The number of ether oxygens (including phenoxy) is 2. The van der Waals surface area contributed by atoms with E-state index >= 15 is 0 Å². The van der Waals surface area contributed by atoms with E-state index in [9.17, 15) is 13.2 Å². The lowest BCUT2D eigenvalue weighted by Gasteiger charge is -2.04. The van der Waals surface area contributed by atoms with Crippen molar-refractivity contribution in [2.45, 2.75) is 13.2 Å². The average molecular weight is 190 g/mol. The lowest BCUT2D eigenvalue weighted by atomic mass is 10.2. The molecule has 0 radical (unpaired) electrons. The number of rotatable bonds is 0. The first-order valence-electron chi connectivity index (χ1n) is 3.54. The molecule has 0 unspecified atom stereocenters. The van der Waals surface area contributed by atoms with Gasteiger partial charge in [-0.25, -0.2) is 4.39 Å². The maximum absolute atomic E-state index is 12.8. The summed E-state index contributed by atoms with van der Waals surface area (Å²) in [6, 6.07) is 2.05. The van der Waals surface area contributed by atoms with Crippen LogP contribution in [-0.4, -0.2) is 6.29 Å². The molecule has 70 valence electrons. The Balaban J connectivity index is 2.48. The van der Waals surface area contributed by atoms with Crippen molar-refractivity contribution in [3.05, 3.63) is 23.5 Å². The number of aryl methyl sites for hydroxylation is 1. The topological polar surface area (TPSA) is 18.5 Å². The lowest BCUT2D eigenvalue weighted by Crippen LogP contribution is -2.25. The maximum atomic E-state index is 12.8. The fourth-order valence-electron chi connectivity index (χ4n) is 1.07. The summed E-state index contributed by atoms with van der Waals surface area (Å²) < 4.78 is 45.9. The van der Waals surface area contributed by atoms with Crippen LogP contribution in [-0.2, 0) is 0 Å². The highest BCUT2D eigenvalue weighted by Crippen LogP contribution is 2.41. The van der Waals surface area contributed by atoms with Crippen molar-refractivity contribution in [3.8, 4) is 11.5 Å². The Bertz CT molecular complexity index is 330. The number of hydrogen-bond donors (Lipinski definition) is 0. The van der Waals surface area contributed by atoms with Gasteiger partial charge >= 0.3 is 6.29 Å². The zero-order valence-corrected chi connectivity index (χ0v) is 6.61. The van der Waals surface area contributed by atoms with Crippen LogP contribution >= 0.6 is 0 Å². The van der Waals surface area contributed by atoms with Crippen LogP contribution in [0.1, 0.15) is 5.56 Å². The Morgan fingerprint density at radius 1 is 1.15 bits per heavy atom. The van der Waals surface area contributed by atoms with Gasteiger partial charge in [0.2, 0.25) is 0 Å². The van der Waals surface area contributed by atoms with E-state index in [2.05, 4.69) is 9.47 Å². The Hall–Kier alpha value is -1.39. The highest BCUT2D eigenvalue weighted by atomic mass is 19.3. The largest absolute Gasteiger partial charge is 0.586 e. The van der Waals surface area contributed by atoms with Crippen molar-refractivity contribution in [1.29, 1.82) is 0 Å². The summed E-state index contributed by atoms with van der Waals surface area (Å²) in [6.07, 6.45) is -3.68. The zero-order valence-electron chi connectivity index (χ0n) is 6.61. The van der Waals surface area contributed by atoms with Crippen molar-refractivity contribution in [3.63, 3.8) is 0 Å². The van der Waals surface area contributed by atoms with Crippen LogP contribution in [0.25, 0.3) is 0 Å². The molecule has 0 atom stereocenters. The second-order valence-electron chi connectivity index (χ2n) is 2.72. The Kier molecular flexibility index (Phi) is 1.46. The summed E-state index contributed by atoms with van der Waals surface area (Å²) in [5.74, 6) is -1.00. The van der Waals surface area contributed by atoms with Gasteiger partial charge in [0.25, 0.3) is 0 Å². The Labute approximate surface area is 71.9 Å². The number of alkyl halides is 2. The van der Waals surface area contributed by atoms with E-state index in [1.165, 1.54) is 13.0 Å². The molecule has 0 spiro atoms. The van der Waals surface area contributed by atoms with E-state index in [-0.39, 0.29) is 17.1 Å². The van der Waals surface area contributed by atoms with Gasteiger partial charge in [-0.15, -0.1) is 8.78 Å². The van der Waals surface area contributed by atoms with Gasteiger partial charge in [0.1, 0.15) is 5.82 Å². The molecule has 0 fully saturated rings. The first-order valence-corrected chi connectivity index (χ1v) is 3.54. The van der Waals surface area contributed by atoms with Crippen LogP contribution < -0.4 is 9.47 Å². The molecule has 2 rings (SSSR count). The molecule has 1 heterocycles. The fraction of sp³-hybridized carbons (Fsp3) is 0.250. The monoisotopic (exact) mass is 190 g/mol. The molecule has 0 amide bonds. The first kappa shape index (κ1) is 8.22. The van der Waals surface area contributed by atoms with Gasteiger partial charge < -0.3 is 9.47 Å². The highest BCUT2D eigenvalue weighted by Gasteiger charge is 2.43. The summed E-state index contributed by atoms with van der Waals surface area (Å²) >= 11 is 0. The van der Waals surface area contributed by atoms with Gasteiger partial charge in [-0.1, -0.05) is 0 Å². The van der Waals surface area contributed by atoms with E-state index < -0.39 is 12.1 Å². The number of hydrogen-bond acceptors (Lipinski definition) is 2. The molecular formula is C8H5F3O2. The summed E-state index contributed by atoms with van der Waals surface area (Å²) in [4.78, 5) is 0. The van der Waals surface area contributed by atoms with Gasteiger partial charge in [-0.3, -0.25) is 0 Å². The van der Waals surface area contributed by atoms with Gasteiger partial charge in [0.05, 0.1) is 0 Å². The smallest absolute Gasteiger partial charge is 0.395 e. The molecule has 0 saturated heterocycles. The zero-order chi connectivity index (χ0) is 9.64. The Morgan fingerprint density at radius 3 is 2.31 bits per heavy atom. The van der Waals surface area contributed by atoms with Crippen LogP contribution in [0.2, 0.25) is 0 Å². The van der Waals surface area contributed by atoms with E-state index in [1.54, 1.807) is 0 Å². The van der Waals surface area contributed by atoms with Crippen molar-refractivity contribution < 1.29 is 22.6 Å². The normalized spacial score (nSPS) is 17.5.